The second-order valence-corrected chi connectivity index (χ2v) is 8.78. The van der Waals surface area contributed by atoms with Crippen molar-refractivity contribution in [2.45, 2.75) is 31.8 Å². The van der Waals surface area contributed by atoms with Gasteiger partial charge in [-0.25, -0.2) is 8.42 Å². The van der Waals surface area contributed by atoms with E-state index < -0.39 is 10.0 Å². The summed E-state index contributed by atoms with van der Waals surface area (Å²) in [5, 5.41) is 0. The van der Waals surface area contributed by atoms with E-state index in [0.29, 0.717) is 44.4 Å². The third-order valence-corrected chi connectivity index (χ3v) is 6.03. The highest BCUT2D eigenvalue weighted by Crippen LogP contribution is 2.38. The number of hydrogen-bond donors (Lipinski definition) is 0. The summed E-state index contributed by atoms with van der Waals surface area (Å²) in [7, 11) is -3.65. The Balaban J connectivity index is 1.93. The summed E-state index contributed by atoms with van der Waals surface area (Å²) in [5.74, 6) is 0.801. The molecular weight excluding hydrogens is 318 g/mol. The summed E-state index contributed by atoms with van der Waals surface area (Å²) < 4.78 is 44.4. The van der Waals surface area contributed by atoms with Gasteiger partial charge in [0.2, 0.25) is 10.0 Å². The Morgan fingerprint density at radius 2 is 1.87 bits per heavy atom. The summed E-state index contributed by atoms with van der Waals surface area (Å²) in [6.45, 7) is 8.02. The molecule has 1 fully saturated rings. The van der Waals surface area contributed by atoms with Crippen molar-refractivity contribution >= 4 is 10.0 Å². The van der Waals surface area contributed by atoms with Crippen LogP contribution >= 0.6 is 0 Å². The van der Waals surface area contributed by atoms with Gasteiger partial charge in [-0.1, -0.05) is 26.8 Å². The summed E-state index contributed by atoms with van der Waals surface area (Å²) >= 11 is 0. The largest absolute Gasteiger partial charge is 0.486 e. The zero-order valence-electron chi connectivity index (χ0n) is 13.7. The molecule has 6 nitrogen and oxygen atoms in total. The van der Waals surface area contributed by atoms with Crippen molar-refractivity contribution in [1.29, 1.82) is 0 Å². The van der Waals surface area contributed by atoms with Gasteiger partial charge < -0.3 is 14.2 Å². The van der Waals surface area contributed by atoms with Crippen LogP contribution in [-0.2, 0) is 14.8 Å². The fourth-order valence-corrected chi connectivity index (χ4v) is 4.33. The topological polar surface area (TPSA) is 65.1 Å². The molecule has 2 aliphatic heterocycles. The SMILES string of the molecule is CC(C)(C)C1CN(S(=O)(=O)c2cccc3c2OCCO3)CCO1. The zero-order valence-corrected chi connectivity index (χ0v) is 14.6. The summed E-state index contributed by atoms with van der Waals surface area (Å²) in [5.41, 5.74) is -0.121. The van der Waals surface area contributed by atoms with E-state index in [0.717, 1.165) is 0 Å². The van der Waals surface area contributed by atoms with Crippen LogP contribution in [0.1, 0.15) is 20.8 Å². The third-order valence-electron chi connectivity index (χ3n) is 4.14. The molecule has 0 saturated carbocycles. The molecule has 1 saturated heterocycles. The lowest BCUT2D eigenvalue weighted by molar-refractivity contribution is -0.0591. The Bertz CT molecular complexity index is 680. The Hall–Kier alpha value is -1.31. The average Bonchev–Trinajstić information content (AvgIpc) is 2.53. The first kappa shape index (κ1) is 16.5. The normalized spacial score (nSPS) is 22.8. The van der Waals surface area contributed by atoms with Crippen LogP contribution in [0, 0.1) is 5.41 Å². The number of hydrogen-bond acceptors (Lipinski definition) is 5. The first-order valence-corrected chi connectivity index (χ1v) is 9.24. The maximum atomic E-state index is 13.1. The van der Waals surface area contributed by atoms with Crippen LogP contribution in [0.4, 0.5) is 0 Å². The third kappa shape index (κ3) is 3.18. The molecule has 128 valence electrons. The van der Waals surface area contributed by atoms with Crippen molar-refractivity contribution in [2.24, 2.45) is 5.41 Å². The van der Waals surface area contributed by atoms with Crippen LogP contribution < -0.4 is 9.47 Å². The standard InChI is InChI=1S/C16H23NO5S/c1-16(2,3)14-11-17(7-8-21-14)23(18,19)13-6-4-5-12-15(13)22-10-9-20-12/h4-6,14H,7-11H2,1-3H3. The maximum Gasteiger partial charge on any atom is 0.247 e. The van der Waals surface area contributed by atoms with E-state index in [1.165, 1.54) is 4.31 Å². The smallest absolute Gasteiger partial charge is 0.247 e. The quantitative estimate of drug-likeness (QED) is 0.822. The molecule has 2 heterocycles. The molecule has 1 unspecified atom stereocenters. The van der Waals surface area contributed by atoms with E-state index in [-0.39, 0.29) is 16.4 Å². The number of fused-ring (bicyclic) bond motifs is 1. The number of ether oxygens (including phenoxy) is 3. The molecule has 0 bridgehead atoms. The van der Waals surface area contributed by atoms with Gasteiger partial charge in [-0.3, -0.25) is 0 Å². The molecule has 0 amide bonds. The minimum absolute atomic E-state index is 0.121. The Morgan fingerprint density at radius 1 is 1.13 bits per heavy atom. The number of morpholine rings is 1. The highest BCUT2D eigenvalue weighted by molar-refractivity contribution is 7.89. The first-order chi connectivity index (χ1) is 10.8. The van der Waals surface area contributed by atoms with Crippen molar-refractivity contribution in [3.05, 3.63) is 18.2 Å². The van der Waals surface area contributed by atoms with Gasteiger partial charge in [0.05, 0.1) is 12.7 Å². The fraction of sp³-hybridized carbons (Fsp3) is 0.625. The molecule has 7 heteroatoms. The van der Waals surface area contributed by atoms with Gasteiger partial charge in [0.15, 0.2) is 11.5 Å². The van der Waals surface area contributed by atoms with Crippen molar-refractivity contribution < 1.29 is 22.6 Å². The highest BCUT2D eigenvalue weighted by atomic mass is 32.2. The van der Waals surface area contributed by atoms with Gasteiger partial charge in [-0.15, -0.1) is 0 Å². The predicted molar refractivity (Wildman–Crippen MR) is 85.4 cm³/mol. The Kier molecular flexibility index (Phi) is 4.29. The molecule has 2 aliphatic rings. The van der Waals surface area contributed by atoms with Crippen LogP contribution in [0.3, 0.4) is 0 Å². The van der Waals surface area contributed by atoms with Crippen molar-refractivity contribution in [3.63, 3.8) is 0 Å². The van der Waals surface area contributed by atoms with E-state index in [9.17, 15) is 8.42 Å². The Labute approximate surface area is 137 Å². The summed E-state index contributed by atoms with van der Waals surface area (Å²) in [4.78, 5) is 0.171. The number of benzene rings is 1. The lowest BCUT2D eigenvalue weighted by atomic mass is 9.88. The number of para-hydroxylation sites is 1. The number of nitrogens with zero attached hydrogens (tertiary/aromatic N) is 1. The molecule has 23 heavy (non-hydrogen) atoms. The molecule has 3 rings (SSSR count). The lowest BCUT2D eigenvalue weighted by Gasteiger charge is -2.39. The lowest BCUT2D eigenvalue weighted by Crippen LogP contribution is -2.50. The van der Waals surface area contributed by atoms with Gasteiger partial charge >= 0.3 is 0 Å². The maximum absolute atomic E-state index is 13.1. The molecule has 1 aromatic rings. The van der Waals surface area contributed by atoms with Gasteiger partial charge in [-0.05, 0) is 17.5 Å². The molecule has 1 atom stereocenters. The van der Waals surface area contributed by atoms with Crippen LogP contribution in [-0.4, -0.2) is 51.7 Å². The summed E-state index contributed by atoms with van der Waals surface area (Å²) in [6.07, 6.45) is -0.136. The van der Waals surface area contributed by atoms with Crippen LogP contribution in [0.5, 0.6) is 11.5 Å². The van der Waals surface area contributed by atoms with E-state index in [1.54, 1.807) is 18.2 Å². The van der Waals surface area contributed by atoms with Crippen molar-refractivity contribution in [2.75, 3.05) is 32.9 Å². The predicted octanol–water partition coefficient (Wildman–Crippen LogP) is 1.89. The van der Waals surface area contributed by atoms with Gasteiger partial charge in [0.25, 0.3) is 0 Å². The van der Waals surface area contributed by atoms with Crippen molar-refractivity contribution in [3.8, 4) is 11.5 Å². The molecular formula is C16H23NO5S. The van der Waals surface area contributed by atoms with Gasteiger partial charge in [-0.2, -0.15) is 4.31 Å². The molecule has 0 aliphatic carbocycles. The minimum Gasteiger partial charge on any atom is -0.486 e. The fourth-order valence-electron chi connectivity index (χ4n) is 2.76. The first-order valence-electron chi connectivity index (χ1n) is 7.80. The van der Waals surface area contributed by atoms with E-state index in [4.69, 9.17) is 14.2 Å². The second kappa shape index (κ2) is 5.96. The molecule has 1 aromatic carbocycles. The average molecular weight is 341 g/mol. The van der Waals surface area contributed by atoms with E-state index in [2.05, 4.69) is 20.8 Å². The minimum atomic E-state index is -3.65. The molecule has 0 spiro atoms. The van der Waals surface area contributed by atoms with E-state index in [1.807, 2.05) is 0 Å². The zero-order chi connectivity index (χ0) is 16.7. The highest BCUT2D eigenvalue weighted by Gasteiger charge is 2.38. The van der Waals surface area contributed by atoms with E-state index >= 15 is 0 Å². The van der Waals surface area contributed by atoms with Crippen molar-refractivity contribution in [1.82, 2.24) is 4.31 Å². The molecule has 0 radical (unpaired) electrons. The van der Waals surface area contributed by atoms with Gasteiger partial charge in [0.1, 0.15) is 18.1 Å². The second-order valence-electron chi connectivity index (χ2n) is 6.87. The number of sulfonamides is 1. The van der Waals surface area contributed by atoms with Crippen LogP contribution in [0.25, 0.3) is 0 Å². The van der Waals surface area contributed by atoms with Gasteiger partial charge in [0, 0.05) is 13.1 Å². The summed E-state index contributed by atoms with van der Waals surface area (Å²) in [6, 6.07) is 4.98. The Morgan fingerprint density at radius 3 is 2.61 bits per heavy atom. The monoisotopic (exact) mass is 341 g/mol. The molecule has 0 N–H and O–H groups in total. The van der Waals surface area contributed by atoms with Crippen LogP contribution in [0.15, 0.2) is 23.1 Å². The number of rotatable bonds is 2. The van der Waals surface area contributed by atoms with Crippen LogP contribution in [0.2, 0.25) is 0 Å². The molecule has 0 aromatic heterocycles.